The number of hydrogen-bond acceptors (Lipinski definition) is 2. The second kappa shape index (κ2) is 3.79. The van der Waals surface area contributed by atoms with Crippen molar-refractivity contribution in [2.24, 2.45) is 0 Å². The molecule has 0 aliphatic heterocycles. The van der Waals surface area contributed by atoms with Crippen LogP contribution in [0, 0.1) is 0 Å². The van der Waals surface area contributed by atoms with E-state index in [-0.39, 0.29) is 10.7 Å². The standard InChI is InChI=1S/C10H5BrClNO2/c11-7-2-1-3-8-5(7)4-6(10(14)15)9(12)13-8/h1-4H,(H,14,15). The lowest BCUT2D eigenvalue weighted by molar-refractivity contribution is 0.0697. The third-order valence-corrected chi connectivity index (χ3v) is 2.97. The Morgan fingerprint density at radius 3 is 2.87 bits per heavy atom. The number of carboxylic acid groups (broad SMARTS) is 1. The zero-order valence-corrected chi connectivity index (χ0v) is 9.71. The molecule has 0 aliphatic rings. The minimum Gasteiger partial charge on any atom is -0.478 e. The van der Waals surface area contributed by atoms with Gasteiger partial charge in [-0.1, -0.05) is 33.6 Å². The number of fused-ring (bicyclic) bond motifs is 1. The maximum atomic E-state index is 10.8. The van der Waals surface area contributed by atoms with Crippen LogP contribution in [0.25, 0.3) is 10.9 Å². The fourth-order valence-corrected chi connectivity index (χ4v) is 1.98. The van der Waals surface area contributed by atoms with E-state index in [1.165, 1.54) is 6.07 Å². The van der Waals surface area contributed by atoms with Crippen molar-refractivity contribution in [1.29, 1.82) is 0 Å². The Morgan fingerprint density at radius 1 is 1.47 bits per heavy atom. The average Bonchev–Trinajstić information content (AvgIpc) is 2.16. The molecular formula is C10H5BrClNO2. The lowest BCUT2D eigenvalue weighted by Crippen LogP contribution is -1.99. The van der Waals surface area contributed by atoms with E-state index in [4.69, 9.17) is 16.7 Å². The van der Waals surface area contributed by atoms with Gasteiger partial charge in [0.2, 0.25) is 0 Å². The second-order valence-electron chi connectivity index (χ2n) is 2.94. The highest BCUT2D eigenvalue weighted by Crippen LogP contribution is 2.26. The Balaban J connectivity index is 2.83. The number of halogens is 2. The number of rotatable bonds is 1. The maximum absolute atomic E-state index is 10.8. The van der Waals surface area contributed by atoms with Crippen LogP contribution >= 0.6 is 27.5 Å². The van der Waals surface area contributed by atoms with Gasteiger partial charge in [0, 0.05) is 9.86 Å². The number of aromatic nitrogens is 1. The van der Waals surface area contributed by atoms with Gasteiger partial charge in [-0.05, 0) is 18.2 Å². The van der Waals surface area contributed by atoms with Crippen molar-refractivity contribution in [3.8, 4) is 0 Å². The lowest BCUT2D eigenvalue weighted by atomic mass is 10.1. The van der Waals surface area contributed by atoms with Crippen LogP contribution in [0.1, 0.15) is 10.4 Å². The summed E-state index contributed by atoms with van der Waals surface area (Å²) < 4.78 is 0.798. The van der Waals surface area contributed by atoms with Crippen LogP contribution in [0.15, 0.2) is 28.7 Å². The number of aromatic carboxylic acids is 1. The number of benzene rings is 1. The van der Waals surface area contributed by atoms with E-state index in [0.29, 0.717) is 5.52 Å². The van der Waals surface area contributed by atoms with Gasteiger partial charge in [0.1, 0.15) is 5.15 Å². The van der Waals surface area contributed by atoms with Crippen molar-refractivity contribution >= 4 is 44.4 Å². The predicted molar refractivity (Wildman–Crippen MR) is 61.4 cm³/mol. The molecule has 0 fully saturated rings. The van der Waals surface area contributed by atoms with Crippen molar-refractivity contribution in [3.05, 3.63) is 39.5 Å². The largest absolute Gasteiger partial charge is 0.478 e. The summed E-state index contributed by atoms with van der Waals surface area (Å²) in [5.41, 5.74) is 0.676. The van der Waals surface area contributed by atoms with Crippen LogP contribution < -0.4 is 0 Å². The first-order valence-electron chi connectivity index (χ1n) is 4.07. The normalized spacial score (nSPS) is 10.5. The van der Waals surface area contributed by atoms with Crippen LogP contribution in [-0.2, 0) is 0 Å². The van der Waals surface area contributed by atoms with Crippen molar-refractivity contribution in [3.63, 3.8) is 0 Å². The first-order chi connectivity index (χ1) is 7.09. The molecule has 76 valence electrons. The van der Waals surface area contributed by atoms with Crippen molar-refractivity contribution in [2.75, 3.05) is 0 Å². The van der Waals surface area contributed by atoms with Gasteiger partial charge < -0.3 is 5.11 Å². The van der Waals surface area contributed by atoms with Gasteiger partial charge in [0.15, 0.2) is 0 Å². The molecule has 0 radical (unpaired) electrons. The predicted octanol–water partition coefficient (Wildman–Crippen LogP) is 3.35. The molecule has 1 aromatic carbocycles. The molecule has 2 rings (SSSR count). The molecule has 0 saturated carbocycles. The molecule has 15 heavy (non-hydrogen) atoms. The van der Waals surface area contributed by atoms with Crippen molar-refractivity contribution in [2.45, 2.75) is 0 Å². The lowest BCUT2D eigenvalue weighted by Gasteiger charge is -2.03. The molecule has 0 unspecified atom stereocenters. The minimum atomic E-state index is -1.08. The van der Waals surface area contributed by atoms with Gasteiger partial charge in [0.25, 0.3) is 0 Å². The minimum absolute atomic E-state index is 0.00750. The molecule has 1 aromatic heterocycles. The molecule has 2 aromatic rings. The third-order valence-electron chi connectivity index (χ3n) is 1.99. The van der Waals surface area contributed by atoms with Crippen LogP contribution in [-0.4, -0.2) is 16.1 Å². The van der Waals surface area contributed by atoms with Crippen molar-refractivity contribution < 1.29 is 9.90 Å². The smallest absolute Gasteiger partial charge is 0.338 e. The summed E-state index contributed by atoms with van der Waals surface area (Å²) in [6.45, 7) is 0. The summed E-state index contributed by atoms with van der Waals surface area (Å²) in [7, 11) is 0. The SMILES string of the molecule is O=C(O)c1cc2c(Br)cccc2nc1Cl. The number of carbonyl (C=O) groups is 1. The maximum Gasteiger partial charge on any atom is 0.338 e. The molecule has 5 heteroatoms. The first kappa shape index (κ1) is 10.4. The second-order valence-corrected chi connectivity index (χ2v) is 4.15. The topological polar surface area (TPSA) is 50.2 Å². The highest BCUT2D eigenvalue weighted by Gasteiger charge is 2.12. The molecule has 0 aliphatic carbocycles. The van der Waals surface area contributed by atoms with Gasteiger partial charge >= 0.3 is 5.97 Å². The molecule has 0 atom stereocenters. The van der Waals surface area contributed by atoms with Gasteiger partial charge in [-0.3, -0.25) is 0 Å². The monoisotopic (exact) mass is 285 g/mol. The molecule has 0 saturated heterocycles. The van der Waals surface area contributed by atoms with E-state index in [1.54, 1.807) is 6.07 Å². The Morgan fingerprint density at radius 2 is 2.20 bits per heavy atom. The Bertz CT molecular complexity index is 556. The summed E-state index contributed by atoms with van der Waals surface area (Å²) >= 11 is 9.07. The number of carboxylic acids is 1. The van der Waals surface area contributed by atoms with Gasteiger partial charge in [-0.2, -0.15) is 0 Å². The fourth-order valence-electron chi connectivity index (χ4n) is 1.29. The first-order valence-corrected chi connectivity index (χ1v) is 5.25. The molecule has 0 bridgehead atoms. The molecule has 0 amide bonds. The molecule has 3 nitrogen and oxygen atoms in total. The van der Waals surface area contributed by atoms with E-state index in [2.05, 4.69) is 20.9 Å². The van der Waals surface area contributed by atoms with E-state index >= 15 is 0 Å². The molecule has 1 N–H and O–H groups in total. The molecule has 1 heterocycles. The number of hydrogen-bond donors (Lipinski definition) is 1. The van der Waals surface area contributed by atoms with Crippen LogP contribution in [0.5, 0.6) is 0 Å². The van der Waals surface area contributed by atoms with E-state index in [0.717, 1.165) is 9.86 Å². The summed E-state index contributed by atoms with van der Waals surface area (Å²) in [6.07, 6.45) is 0. The van der Waals surface area contributed by atoms with Gasteiger partial charge in [-0.15, -0.1) is 0 Å². The quantitative estimate of drug-likeness (QED) is 0.818. The summed E-state index contributed by atoms with van der Waals surface area (Å²) in [5, 5.41) is 9.62. The highest BCUT2D eigenvalue weighted by molar-refractivity contribution is 9.10. The Hall–Kier alpha value is -1.13. The Kier molecular flexibility index (Phi) is 2.63. The number of nitrogens with zero attached hydrogens (tertiary/aromatic N) is 1. The van der Waals surface area contributed by atoms with Gasteiger partial charge in [0.05, 0.1) is 11.1 Å². The average molecular weight is 287 g/mol. The van der Waals surface area contributed by atoms with Gasteiger partial charge in [-0.25, -0.2) is 9.78 Å². The molecular weight excluding hydrogens is 281 g/mol. The molecule has 0 spiro atoms. The summed E-state index contributed by atoms with van der Waals surface area (Å²) in [6, 6.07) is 6.93. The number of pyridine rings is 1. The fraction of sp³-hybridized carbons (Fsp3) is 0. The highest BCUT2D eigenvalue weighted by atomic mass is 79.9. The van der Waals surface area contributed by atoms with E-state index in [1.807, 2.05) is 12.1 Å². The summed E-state index contributed by atoms with van der Waals surface area (Å²) in [4.78, 5) is 14.8. The van der Waals surface area contributed by atoms with E-state index < -0.39 is 5.97 Å². The van der Waals surface area contributed by atoms with E-state index in [9.17, 15) is 4.79 Å². The van der Waals surface area contributed by atoms with Crippen molar-refractivity contribution in [1.82, 2.24) is 4.98 Å². The van der Waals surface area contributed by atoms with Crippen LogP contribution in [0.4, 0.5) is 0 Å². The third kappa shape index (κ3) is 1.82. The summed E-state index contributed by atoms with van der Waals surface area (Å²) in [5.74, 6) is -1.08. The zero-order valence-electron chi connectivity index (χ0n) is 7.37. The Labute approximate surface area is 98.8 Å². The zero-order chi connectivity index (χ0) is 11.0. The van der Waals surface area contributed by atoms with Crippen LogP contribution in [0.2, 0.25) is 5.15 Å². The van der Waals surface area contributed by atoms with Crippen LogP contribution in [0.3, 0.4) is 0 Å².